The molecule has 0 saturated carbocycles. The minimum Gasteiger partial charge on any atom is -0.496 e. The number of hydrogen-bond donors (Lipinski definition) is 0. The SMILES string of the molecule is CCC(CCN(C)Cc1ccccc1)C(C#N)c1ccccc1OC. The Hall–Kier alpha value is -2.31. The Labute approximate surface area is 151 Å². The number of hydrogen-bond acceptors (Lipinski definition) is 3. The van der Waals surface area contributed by atoms with Crippen LogP contribution < -0.4 is 4.74 Å². The van der Waals surface area contributed by atoms with Gasteiger partial charge in [0.05, 0.1) is 19.1 Å². The van der Waals surface area contributed by atoms with E-state index in [9.17, 15) is 5.26 Å². The summed E-state index contributed by atoms with van der Waals surface area (Å²) in [5.74, 6) is 0.996. The normalized spacial score (nSPS) is 13.2. The van der Waals surface area contributed by atoms with Gasteiger partial charge in [-0.2, -0.15) is 5.26 Å². The number of rotatable bonds is 9. The second-order valence-electron chi connectivity index (χ2n) is 6.53. The van der Waals surface area contributed by atoms with Crippen molar-refractivity contribution in [3.63, 3.8) is 0 Å². The second-order valence-corrected chi connectivity index (χ2v) is 6.53. The summed E-state index contributed by atoms with van der Waals surface area (Å²) in [7, 11) is 3.81. The first-order chi connectivity index (χ1) is 12.2. The molecule has 0 aromatic heterocycles. The molecule has 0 aliphatic rings. The fourth-order valence-corrected chi connectivity index (χ4v) is 3.32. The molecule has 2 rings (SSSR count). The van der Waals surface area contributed by atoms with Gasteiger partial charge in [-0.3, -0.25) is 0 Å². The molecule has 0 fully saturated rings. The number of ether oxygens (including phenoxy) is 1. The van der Waals surface area contributed by atoms with Gasteiger partial charge in [-0.15, -0.1) is 0 Å². The van der Waals surface area contributed by atoms with E-state index in [2.05, 4.69) is 49.2 Å². The van der Waals surface area contributed by atoms with Gasteiger partial charge in [0.25, 0.3) is 0 Å². The number of nitrogens with zero attached hydrogens (tertiary/aromatic N) is 2. The van der Waals surface area contributed by atoms with E-state index >= 15 is 0 Å². The maximum atomic E-state index is 9.78. The molecule has 2 aromatic rings. The van der Waals surface area contributed by atoms with Crippen LogP contribution in [0, 0.1) is 17.2 Å². The van der Waals surface area contributed by atoms with Crippen LogP contribution in [0.1, 0.15) is 36.8 Å². The smallest absolute Gasteiger partial charge is 0.123 e. The summed E-state index contributed by atoms with van der Waals surface area (Å²) in [4.78, 5) is 2.33. The third-order valence-corrected chi connectivity index (χ3v) is 4.79. The molecule has 0 N–H and O–H groups in total. The summed E-state index contributed by atoms with van der Waals surface area (Å²) in [5.41, 5.74) is 2.32. The highest BCUT2D eigenvalue weighted by Gasteiger charge is 2.24. The summed E-state index contributed by atoms with van der Waals surface area (Å²) in [6, 6.07) is 20.9. The van der Waals surface area contributed by atoms with Gasteiger partial charge in [-0.25, -0.2) is 0 Å². The van der Waals surface area contributed by atoms with Gasteiger partial charge < -0.3 is 9.64 Å². The van der Waals surface area contributed by atoms with Crippen LogP contribution in [0.2, 0.25) is 0 Å². The van der Waals surface area contributed by atoms with Crippen molar-refractivity contribution in [2.24, 2.45) is 5.92 Å². The van der Waals surface area contributed by atoms with Crippen molar-refractivity contribution in [2.45, 2.75) is 32.2 Å². The van der Waals surface area contributed by atoms with Gasteiger partial charge in [-0.05, 0) is 37.6 Å². The first-order valence-electron chi connectivity index (χ1n) is 8.94. The zero-order valence-corrected chi connectivity index (χ0v) is 15.5. The van der Waals surface area contributed by atoms with E-state index < -0.39 is 0 Å². The first-order valence-corrected chi connectivity index (χ1v) is 8.94. The van der Waals surface area contributed by atoms with Gasteiger partial charge in [0, 0.05) is 12.1 Å². The lowest BCUT2D eigenvalue weighted by molar-refractivity contribution is 0.281. The topological polar surface area (TPSA) is 36.3 Å². The lowest BCUT2D eigenvalue weighted by Gasteiger charge is -2.25. The van der Waals surface area contributed by atoms with E-state index in [1.807, 2.05) is 30.3 Å². The number of methoxy groups -OCH3 is 1. The Kier molecular flexibility index (Phi) is 7.50. The molecule has 2 aromatic carbocycles. The highest BCUT2D eigenvalue weighted by molar-refractivity contribution is 5.39. The van der Waals surface area contributed by atoms with E-state index in [1.54, 1.807) is 7.11 Å². The Morgan fingerprint density at radius 2 is 1.76 bits per heavy atom. The van der Waals surface area contributed by atoms with Crippen molar-refractivity contribution in [2.75, 3.05) is 20.7 Å². The van der Waals surface area contributed by atoms with Crippen molar-refractivity contribution < 1.29 is 4.74 Å². The average Bonchev–Trinajstić information content (AvgIpc) is 2.66. The monoisotopic (exact) mass is 336 g/mol. The third kappa shape index (κ3) is 5.34. The van der Waals surface area contributed by atoms with Crippen molar-refractivity contribution in [3.05, 3.63) is 65.7 Å². The van der Waals surface area contributed by atoms with Crippen LogP contribution in [-0.4, -0.2) is 25.6 Å². The third-order valence-electron chi connectivity index (χ3n) is 4.79. The van der Waals surface area contributed by atoms with Gasteiger partial charge in [0.1, 0.15) is 5.75 Å². The summed E-state index contributed by atoms with van der Waals surface area (Å²) in [6.07, 6.45) is 1.98. The van der Waals surface area contributed by atoms with Crippen LogP contribution in [-0.2, 0) is 6.54 Å². The summed E-state index contributed by atoms with van der Waals surface area (Å²) in [5, 5.41) is 9.78. The zero-order valence-electron chi connectivity index (χ0n) is 15.5. The maximum Gasteiger partial charge on any atom is 0.123 e. The van der Waals surface area contributed by atoms with Crippen LogP contribution >= 0.6 is 0 Å². The van der Waals surface area contributed by atoms with Crippen LogP contribution in [0.15, 0.2) is 54.6 Å². The van der Waals surface area contributed by atoms with Gasteiger partial charge in [-0.1, -0.05) is 61.9 Å². The van der Waals surface area contributed by atoms with E-state index in [-0.39, 0.29) is 5.92 Å². The summed E-state index contributed by atoms with van der Waals surface area (Å²) >= 11 is 0. The van der Waals surface area contributed by atoms with Crippen LogP contribution in [0.25, 0.3) is 0 Å². The standard InChI is InChI=1S/C22H28N2O/c1-4-19(14-15-24(2)17-18-10-6-5-7-11-18)21(16-23)20-12-8-9-13-22(20)25-3/h5-13,19,21H,4,14-15,17H2,1-3H3. The predicted octanol–water partition coefficient (Wildman–Crippen LogP) is 4.85. The average molecular weight is 336 g/mol. The number of nitriles is 1. The van der Waals surface area contributed by atoms with E-state index in [4.69, 9.17) is 4.74 Å². The fraction of sp³-hybridized carbons (Fsp3) is 0.409. The molecule has 0 aliphatic heterocycles. The molecule has 2 unspecified atom stereocenters. The highest BCUT2D eigenvalue weighted by atomic mass is 16.5. The van der Waals surface area contributed by atoms with E-state index in [0.717, 1.165) is 37.2 Å². The Morgan fingerprint density at radius 1 is 1.08 bits per heavy atom. The lowest BCUT2D eigenvalue weighted by atomic mass is 9.82. The fourth-order valence-electron chi connectivity index (χ4n) is 3.32. The molecular weight excluding hydrogens is 308 g/mol. The minimum absolute atomic E-state index is 0.133. The van der Waals surface area contributed by atoms with E-state index in [0.29, 0.717) is 5.92 Å². The van der Waals surface area contributed by atoms with Crippen LogP contribution in [0.5, 0.6) is 5.75 Å². The highest BCUT2D eigenvalue weighted by Crippen LogP contribution is 2.34. The molecule has 0 bridgehead atoms. The van der Waals surface area contributed by atoms with Gasteiger partial charge in [0.15, 0.2) is 0 Å². The summed E-state index contributed by atoms with van der Waals surface area (Å²) in [6.45, 7) is 4.07. The van der Waals surface area contributed by atoms with Crippen molar-refractivity contribution in [3.8, 4) is 11.8 Å². The van der Waals surface area contributed by atoms with Gasteiger partial charge >= 0.3 is 0 Å². The predicted molar refractivity (Wildman–Crippen MR) is 103 cm³/mol. The summed E-state index contributed by atoms with van der Waals surface area (Å²) < 4.78 is 5.47. The molecule has 25 heavy (non-hydrogen) atoms. The largest absolute Gasteiger partial charge is 0.496 e. The molecule has 0 amide bonds. The second kappa shape index (κ2) is 9.86. The molecule has 0 aliphatic carbocycles. The Balaban J connectivity index is 2.01. The van der Waals surface area contributed by atoms with Crippen molar-refractivity contribution >= 4 is 0 Å². The zero-order chi connectivity index (χ0) is 18.1. The van der Waals surface area contributed by atoms with Crippen molar-refractivity contribution in [1.82, 2.24) is 4.90 Å². The number of para-hydroxylation sites is 1. The lowest BCUT2D eigenvalue weighted by Crippen LogP contribution is -2.23. The van der Waals surface area contributed by atoms with Crippen LogP contribution in [0.3, 0.4) is 0 Å². The van der Waals surface area contributed by atoms with E-state index in [1.165, 1.54) is 5.56 Å². The molecule has 0 saturated heterocycles. The molecule has 0 heterocycles. The molecular formula is C22H28N2O. The van der Waals surface area contributed by atoms with Gasteiger partial charge in [0.2, 0.25) is 0 Å². The molecule has 0 spiro atoms. The molecule has 2 atom stereocenters. The Morgan fingerprint density at radius 3 is 2.40 bits per heavy atom. The molecule has 0 radical (unpaired) electrons. The quantitative estimate of drug-likeness (QED) is 0.657. The molecule has 3 nitrogen and oxygen atoms in total. The van der Waals surface area contributed by atoms with Crippen LogP contribution in [0.4, 0.5) is 0 Å². The Bertz CT molecular complexity index is 678. The number of benzene rings is 2. The molecule has 132 valence electrons. The molecule has 3 heteroatoms. The minimum atomic E-state index is -0.133. The first kappa shape index (κ1) is 19.0. The maximum absolute atomic E-state index is 9.78. The van der Waals surface area contributed by atoms with Crippen molar-refractivity contribution in [1.29, 1.82) is 5.26 Å².